The first-order valence-corrected chi connectivity index (χ1v) is 7.17. The molecule has 0 aliphatic rings. The summed E-state index contributed by atoms with van der Waals surface area (Å²) in [7, 11) is 0. The fourth-order valence-electron chi connectivity index (χ4n) is 2.35. The highest BCUT2D eigenvalue weighted by Gasteiger charge is 2.15. The maximum atomic E-state index is 12.2. The third-order valence-corrected chi connectivity index (χ3v) is 3.43. The molecule has 0 atom stereocenters. The van der Waals surface area contributed by atoms with Crippen molar-refractivity contribution in [2.24, 2.45) is 0 Å². The molecule has 3 aromatic heterocycles. The van der Waals surface area contributed by atoms with Crippen molar-refractivity contribution in [1.29, 1.82) is 0 Å². The number of rotatable bonds is 4. The number of hydrogen-bond acceptors (Lipinski definition) is 5. The number of allylic oxidation sites excluding steroid dienone is 4. The number of oxazole rings is 1. The maximum Gasteiger partial charge on any atom is 0.326 e. The zero-order chi connectivity index (χ0) is 16.4. The fraction of sp³-hybridized carbons (Fsp3) is 0.188. The van der Waals surface area contributed by atoms with Crippen molar-refractivity contribution in [3.63, 3.8) is 0 Å². The number of anilines is 1. The van der Waals surface area contributed by atoms with E-state index < -0.39 is 0 Å². The van der Waals surface area contributed by atoms with Gasteiger partial charge >= 0.3 is 5.69 Å². The molecule has 3 heterocycles. The minimum Gasteiger partial charge on any atom is -0.443 e. The van der Waals surface area contributed by atoms with Crippen LogP contribution in [0.5, 0.6) is 0 Å². The number of nitrogens with two attached hydrogens (primary N) is 1. The molecular formula is C16H17N5O2. The van der Waals surface area contributed by atoms with Gasteiger partial charge in [0.05, 0.1) is 11.7 Å². The van der Waals surface area contributed by atoms with Crippen LogP contribution >= 0.6 is 0 Å². The number of fused-ring (bicyclic) bond motifs is 1. The quantitative estimate of drug-likeness (QED) is 0.721. The van der Waals surface area contributed by atoms with Crippen molar-refractivity contribution in [2.75, 3.05) is 5.73 Å². The maximum absolute atomic E-state index is 12.2. The Bertz CT molecular complexity index is 945. The number of hydrogen-bond donors (Lipinski definition) is 2. The van der Waals surface area contributed by atoms with Gasteiger partial charge in [-0.05, 0) is 19.9 Å². The van der Waals surface area contributed by atoms with Gasteiger partial charge in [0.2, 0.25) is 5.89 Å². The molecule has 0 bridgehead atoms. The molecule has 0 aliphatic carbocycles. The van der Waals surface area contributed by atoms with E-state index in [4.69, 9.17) is 10.2 Å². The first-order chi connectivity index (χ1) is 11.1. The SMILES string of the molecule is C/C=C\C=C(/C)Cn1c(=O)[nH]c2c(N)nc(-c3ncco3)cc21. The van der Waals surface area contributed by atoms with Gasteiger partial charge < -0.3 is 15.1 Å². The van der Waals surface area contributed by atoms with Crippen LogP contribution in [0, 0.1) is 0 Å². The lowest BCUT2D eigenvalue weighted by atomic mass is 10.2. The molecule has 23 heavy (non-hydrogen) atoms. The van der Waals surface area contributed by atoms with Gasteiger partial charge in [0, 0.05) is 6.54 Å². The van der Waals surface area contributed by atoms with Gasteiger partial charge in [-0.1, -0.05) is 23.8 Å². The third kappa shape index (κ3) is 2.80. The zero-order valence-corrected chi connectivity index (χ0v) is 12.9. The zero-order valence-electron chi connectivity index (χ0n) is 12.9. The van der Waals surface area contributed by atoms with Crippen LogP contribution in [0.2, 0.25) is 0 Å². The van der Waals surface area contributed by atoms with Crippen molar-refractivity contribution in [1.82, 2.24) is 19.5 Å². The van der Waals surface area contributed by atoms with Gasteiger partial charge in [-0.15, -0.1) is 0 Å². The predicted octanol–water partition coefficient (Wildman–Crippen LogP) is 2.48. The van der Waals surface area contributed by atoms with Crippen LogP contribution in [-0.2, 0) is 6.54 Å². The minimum absolute atomic E-state index is 0.230. The lowest BCUT2D eigenvalue weighted by Crippen LogP contribution is -2.17. The third-order valence-electron chi connectivity index (χ3n) is 3.43. The molecule has 0 radical (unpaired) electrons. The number of imidazole rings is 1. The Balaban J connectivity index is 2.14. The Morgan fingerprint density at radius 2 is 2.35 bits per heavy atom. The molecule has 0 spiro atoms. The van der Waals surface area contributed by atoms with E-state index in [2.05, 4.69) is 15.0 Å². The Labute approximate surface area is 132 Å². The van der Waals surface area contributed by atoms with E-state index in [1.165, 1.54) is 12.5 Å². The molecule has 7 nitrogen and oxygen atoms in total. The highest BCUT2D eigenvalue weighted by molar-refractivity contribution is 5.87. The van der Waals surface area contributed by atoms with E-state index in [9.17, 15) is 4.79 Å². The number of nitrogen functional groups attached to an aromatic ring is 1. The molecular weight excluding hydrogens is 294 g/mol. The van der Waals surface area contributed by atoms with Crippen LogP contribution in [0.1, 0.15) is 13.8 Å². The molecule has 0 unspecified atom stereocenters. The van der Waals surface area contributed by atoms with Crippen LogP contribution in [0.3, 0.4) is 0 Å². The average Bonchev–Trinajstić information content (AvgIpc) is 3.15. The first-order valence-electron chi connectivity index (χ1n) is 7.17. The number of nitrogens with one attached hydrogen (secondary N) is 1. The summed E-state index contributed by atoms with van der Waals surface area (Å²) in [5.41, 5.74) is 8.45. The van der Waals surface area contributed by atoms with E-state index in [0.29, 0.717) is 29.2 Å². The van der Waals surface area contributed by atoms with Crippen LogP contribution in [0.25, 0.3) is 22.6 Å². The van der Waals surface area contributed by atoms with E-state index in [1.807, 2.05) is 32.1 Å². The molecule has 0 aromatic carbocycles. The second-order valence-electron chi connectivity index (χ2n) is 5.18. The van der Waals surface area contributed by atoms with Gasteiger partial charge in [0.25, 0.3) is 0 Å². The van der Waals surface area contributed by atoms with Gasteiger partial charge in [0.1, 0.15) is 23.3 Å². The molecule has 0 saturated heterocycles. The summed E-state index contributed by atoms with van der Waals surface area (Å²) in [4.78, 5) is 23.3. The Hall–Kier alpha value is -3.09. The molecule has 0 amide bonds. The van der Waals surface area contributed by atoms with Gasteiger partial charge in [-0.3, -0.25) is 4.57 Å². The van der Waals surface area contributed by atoms with E-state index in [1.54, 1.807) is 10.6 Å². The molecule has 3 rings (SSSR count). The average molecular weight is 311 g/mol. The lowest BCUT2D eigenvalue weighted by molar-refractivity contribution is 0.572. The molecule has 0 fully saturated rings. The Morgan fingerprint density at radius 3 is 3.04 bits per heavy atom. The largest absolute Gasteiger partial charge is 0.443 e. The molecule has 118 valence electrons. The number of H-pyrrole nitrogens is 1. The normalized spacial score (nSPS) is 12.5. The number of pyridine rings is 1. The van der Waals surface area contributed by atoms with Gasteiger partial charge in [-0.2, -0.15) is 0 Å². The van der Waals surface area contributed by atoms with Crippen molar-refractivity contribution in [3.8, 4) is 11.6 Å². The second-order valence-corrected chi connectivity index (χ2v) is 5.18. The van der Waals surface area contributed by atoms with Crippen molar-refractivity contribution >= 4 is 16.9 Å². The highest BCUT2D eigenvalue weighted by Crippen LogP contribution is 2.23. The standard InChI is InChI=1S/C16H17N5O2/c1-3-4-5-10(2)9-21-12-8-11(15-18-6-7-23-15)19-14(17)13(12)20-16(21)22/h3-8H,9H2,1-2H3,(H2,17,19)(H,20,22)/b4-3-,10-5+. The summed E-state index contributed by atoms with van der Waals surface area (Å²) in [5.74, 6) is 0.599. The number of aromatic nitrogens is 4. The number of aromatic amines is 1. The van der Waals surface area contributed by atoms with Crippen LogP contribution < -0.4 is 11.4 Å². The van der Waals surface area contributed by atoms with Crippen LogP contribution in [0.15, 0.2) is 51.5 Å². The molecule has 7 heteroatoms. The second kappa shape index (κ2) is 5.96. The molecule has 0 aliphatic heterocycles. The van der Waals surface area contributed by atoms with E-state index in [-0.39, 0.29) is 11.5 Å². The fourth-order valence-corrected chi connectivity index (χ4v) is 2.35. The van der Waals surface area contributed by atoms with E-state index in [0.717, 1.165) is 5.57 Å². The summed E-state index contributed by atoms with van der Waals surface area (Å²) in [6.07, 6.45) is 8.83. The minimum atomic E-state index is -0.230. The summed E-state index contributed by atoms with van der Waals surface area (Å²) in [5, 5.41) is 0. The van der Waals surface area contributed by atoms with Gasteiger partial charge in [0.15, 0.2) is 0 Å². The summed E-state index contributed by atoms with van der Waals surface area (Å²) >= 11 is 0. The van der Waals surface area contributed by atoms with Crippen LogP contribution in [-0.4, -0.2) is 19.5 Å². The number of nitrogens with zero attached hydrogens (tertiary/aromatic N) is 3. The van der Waals surface area contributed by atoms with Crippen molar-refractivity contribution < 1.29 is 4.42 Å². The Kier molecular flexibility index (Phi) is 3.84. The smallest absolute Gasteiger partial charge is 0.326 e. The monoisotopic (exact) mass is 311 g/mol. The molecule has 0 saturated carbocycles. The van der Waals surface area contributed by atoms with Gasteiger partial charge in [-0.25, -0.2) is 14.8 Å². The van der Waals surface area contributed by atoms with Crippen molar-refractivity contribution in [3.05, 3.63) is 52.8 Å². The predicted molar refractivity (Wildman–Crippen MR) is 88.8 cm³/mol. The lowest BCUT2D eigenvalue weighted by Gasteiger charge is -2.05. The van der Waals surface area contributed by atoms with E-state index >= 15 is 0 Å². The Morgan fingerprint density at radius 1 is 1.52 bits per heavy atom. The summed E-state index contributed by atoms with van der Waals surface area (Å²) in [6, 6.07) is 1.75. The summed E-state index contributed by atoms with van der Waals surface area (Å²) < 4.78 is 6.88. The van der Waals surface area contributed by atoms with Crippen molar-refractivity contribution in [2.45, 2.75) is 20.4 Å². The summed E-state index contributed by atoms with van der Waals surface area (Å²) in [6.45, 7) is 4.36. The molecule has 3 aromatic rings. The first kappa shape index (κ1) is 14.8. The topological polar surface area (TPSA) is 103 Å². The molecule has 3 N–H and O–H groups in total. The van der Waals surface area contributed by atoms with Crippen LogP contribution in [0.4, 0.5) is 5.82 Å². The highest BCUT2D eigenvalue weighted by atomic mass is 16.3.